The summed E-state index contributed by atoms with van der Waals surface area (Å²) in [5.74, 6) is 0.295. The third-order valence-corrected chi connectivity index (χ3v) is 5.63. The largest absolute Gasteiger partial charge is 0.379 e. The van der Waals surface area contributed by atoms with Crippen molar-refractivity contribution in [3.05, 3.63) is 22.4 Å². The third kappa shape index (κ3) is 3.47. The van der Waals surface area contributed by atoms with Crippen LogP contribution in [-0.2, 0) is 9.53 Å². The molecule has 3 rings (SSSR count). The van der Waals surface area contributed by atoms with E-state index in [9.17, 15) is 4.79 Å². The van der Waals surface area contributed by atoms with Crippen molar-refractivity contribution in [1.29, 1.82) is 0 Å². The molecule has 0 radical (unpaired) electrons. The van der Waals surface area contributed by atoms with Gasteiger partial charge in [0, 0.05) is 37.1 Å². The smallest absolute Gasteiger partial charge is 0.230 e. The second-order valence-electron chi connectivity index (χ2n) is 5.98. The van der Waals surface area contributed by atoms with Gasteiger partial charge in [-0.05, 0) is 31.2 Å². The van der Waals surface area contributed by atoms with Gasteiger partial charge in [-0.15, -0.1) is 11.3 Å². The molecule has 0 spiro atoms. The number of amides is 1. The maximum Gasteiger partial charge on any atom is 0.230 e. The number of carbonyl (C=O) groups excluding carboxylic acids is 1. The van der Waals surface area contributed by atoms with Gasteiger partial charge in [-0.2, -0.15) is 0 Å². The Kier molecular flexibility index (Phi) is 4.93. The Balaban J connectivity index is 1.61. The Morgan fingerprint density at radius 2 is 2.24 bits per heavy atom. The van der Waals surface area contributed by atoms with Gasteiger partial charge in [-0.25, -0.2) is 0 Å². The molecule has 2 atom stereocenters. The molecule has 1 aromatic heterocycles. The lowest BCUT2D eigenvalue weighted by Gasteiger charge is -2.33. The zero-order valence-electron chi connectivity index (χ0n) is 12.7. The Hall–Kier alpha value is -0.910. The molecule has 3 heterocycles. The first-order valence-corrected chi connectivity index (χ1v) is 8.77. The van der Waals surface area contributed by atoms with Gasteiger partial charge in [0.15, 0.2) is 0 Å². The predicted molar refractivity (Wildman–Crippen MR) is 84.7 cm³/mol. The van der Waals surface area contributed by atoms with Crippen molar-refractivity contribution in [3.8, 4) is 0 Å². The maximum atomic E-state index is 12.8. The maximum absolute atomic E-state index is 12.8. The number of rotatable bonds is 4. The quantitative estimate of drug-likeness (QED) is 0.854. The van der Waals surface area contributed by atoms with E-state index in [0.717, 1.165) is 52.2 Å². The van der Waals surface area contributed by atoms with Gasteiger partial charge in [-0.1, -0.05) is 6.07 Å². The number of thiophene rings is 1. The van der Waals surface area contributed by atoms with E-state index < -0.39 is 0 Å². The molecule has 1 amide bonds. The number of hydrogen-bond acceptors (Lipinski definition) is 4. The standard InChI is InChI=1S/C16H24N2O2S/c1-13(15-5-3-11-21-15)16(19)18-6-2-4-14(18)12-17-7-9-20-10-8-17/h3,5,11,13-14H,2,4,6-10,12H2,1H3/t13-,14+/m1/s1. The zero-order chi connectivity index (χ0) is 14.7. The minimum Gasteiger partial charge on any atom is -0.379 e. The molecule has 1 aromatic rings. The molecule has 0 N–H and O–H groups in total. The molecule has 0 bridgehead atoms. The molecule has 21 heavy (non-hydrogen) atoms. The van der Waals surface area contributed by atoms with Crippen molar-refractivity contribution in [2.75, 3.05) is 39.4 Å². The van der Waals surface area contributed by atoms with Crippen LogP contribution >= 0.6 is 11.3 Å². The highest BCUT2D eigenvalue weighted by Crippen LogP contribution is 2.27. The molecule has 2 fully saturated rings. The van der Waals surface area contributed by atoms with Crippen LogP contribution in [0.3, 0.4) is 0 Å². The normalized spacial score (nSPS) is 25.2. The van der Waals surface area contributed by atoms with Crippen LogP contribution in [0.15, 0.2) is 17.5 Å². The van der Waals surface area contributed by atoms with Gasteiger partial charge in [-0.3, -0.25) is 9.69 Å². The average molecular weight is 308 g/mol. The zero-order valence-corrected chi connectivity index (χ0v) is 13.5. The third-order valence-electron chi connectivity index (χ3n) is 4.57. The summed E-state index contributed by atoms with van der Waals surface area (Å²) < 4.78 is 5.40. The summed E-state index contributed by atoms with van der Waals surface area (Å²) in [6.45, 7) is 7.62. The van der Waals surface area contributed by atoms with Gasteiger partial charge in [0.1, 0.15) is 0 Å². The molecule has 0 aliphatic carbocycles. The Bertz CT molecular complexity index is 457. The lowest BCUT2D eigenvalue weighted by atomic mass is 10.1. The topological polar surface area (TPSA) is 32.8 Å². The molecule has 116 valence electrons. The van der Waals surface area contributed by atoms with Crippen molar-refractivity contribution in [2.24, 2.45) is 0 Å². The van der Waals surface area contributed by atoms with E-state index in [1.54, 1.807) is 11.3 Å². The molecule has 4 nitrogen and oxygen atoms in total. The molecule has 2 aliphatic heterocycles. The van der Waals surface area contributed by atoms with Crippen LogP contribution < -0.4 is 0 Å². The van der Waals surface area contributed by atoms with Crippen LogP contribution in [0.25, 0.3) is 0 Å². The fourth-order valence-corrected chi connectivity index (χ4v) is 4.08. The van der Waals surface area contributed by atoms with E-state index in [2.05, 4.69) is 15.9 Å². The summed E-state index contributed by atoms with van der Waals surface area (Å²) in [4.78, 5) is 18.5. The number of hydrogen-bond donors (Lipinski definition) is 0. The van der Waals surface area contributed by atoms with Gasteiger partial charge < -0.3 is 9.64 Å². The summed E-state index contributed by atoms with van der Waals surface area (Å²) in [5, 5.41) is 2.05. The predicted octanol–water partition coefficient (Wildman–Crippen LogP) is 2.17. The van der Waals surface area contributed by atoms with Crippen LogP contribution in [0.4, 0.5) is 0 Å². The van der Waals surface area contributed by atoms with E-state index in [1.165, 1.54) is 4.88 Å². The number of ether oxygens (including phenoxy) is 1. The van der Waals surface area contributed by atoms with E-state index in [0.29, 0.717) is 11.9 Å². The van der Waals surface area contributed by atoms with Crippen LogP contribution in [-0.4, -0.2) is 61.1 Å². The minimum absolute atomic E-state index is 0.00436. The molecule has 0 unspecified atom stereocenters. The minimum atomic E-state index is -0.00436. The average Bonchev–Trinajstić information content (AvgIpc) is 3.18. The number of morpholine rings is 1. The van der Waals surface area contributed by atoms with E-state index in [1.807, 2.05) is 18.4 Å². The monoisotopic (exact) mass is 308 g/mol. The number of carbonyl (C=O) groups is 1. The summed E-state index contributed by atoms with van der Waals surface area (Å²) >= 11 is 1.68. The van der Waals surface area contributed by atoms with Crippen LogP contribution in [0, 0.1) is 0 Å². The first-order chi connectivity index (χ1) is 10.3. The second kappa shape index (κ2) is 6.90. The fraction of sp³-hybridized carbons (Fsp3) is 0.688. The number of likely N-dealkylation sites (tertiary alicyclic amines) is 1. The van der Waals surface area contributed by atoms with Crippen molar-refractivity contribution in [1.82, 2.24) is 9.80 Å². The molecule has 0 aromatic carbocycles. The highest BCUT2D eigenvalue weighted by molar-refractivity contribution is 7.10. The molecule has 2 saturated heterocycles. The van der Waals surface area contributed by atoms with Crippen LogP contribution in [0.2, 0.25) is 0 Å². The van der Waals surface area contributed by atoms with E-state index >= 15 is 0 Å². The Labute approximate surface area is 130 Å². The second-order valence-corrected chi connectivity index (χ2v) is 6.96. The van der Waals surface area contributed by atoms with Crippen LogP contribution in [0.5, 0.6) is 0 Å². The van der Waals surface area contributed by atoms with Gasteiger partial charge in [0.05, 0.1) is 19.1 Å². The highest BCUT2D eigenvalue weighted by Gasteiger charge is 2.33. The SMILES string of the molecule is C[C@@H](C(=O)N1CCC[C@H]1CN1CCOCC1)c1cccs1. The van der Waals surface area contributed by atoms with Crippen molar-refractivity contribution >= 4 is 17.2 Å². The fourth-order valence-electron chi connectivity index (χ4n) is 3.31. The summed E-state index contributed by atoms with van der Waals surface area (Å²) in [6, 6.07) is 4.48. The van der Waals surface area contributed by atoms with Gasteiger partial charge >= 0.3 is 0 Å². The summed E-state index contributed by atoms with van der Waals surface area (Å²) in [6.07, 6.45) is 2.28. The van der Waals surface area contributed by atoms with Crippen molar-refractivity contribution in [2.45, 2.75) is 31.7 Å². The molecular weight excluding hydrogens is 284 g/mol. The first-order valence-electron chi connectivity index (χ1n) is 7.89. The molecule has 5 heteroatoms. The Morgan fingerprint density at radius 1 is 1.43 bits per heavy atom. The first kappa shape index (κ1) is 15.0. The highest BCUT2D eigenvalue weighted by atomic mass is 32.1. The van der Waals surface area contributed by atoms with E-state index in [-0.39, 0.29) is 5.92 Å². The van der Waals surface area contributed by atoms with Crippen molar-refractivity contribution < 1.29 is 9.53 Å². The van der Waals surface area contributed by atoms with Gasteiger partial charge in [0.25, 0.3) is 0 Å². The van der Waals surface area contributed by atoms with Gasteiger partial charge in [0.2, 0.25) is 5.91 Å². The molecule has 2 aliphatic rings. The summed E-state index contributed by atoms with van der Waals surface area (Å²) in [5.41, 5.74) is 0. The lowest BCUT2D eigenvalue weighted by molar-refractivity contribution is -0.133. The lowest BCUT2D eigenvalue weighted by Crippen LogP contribution is -2.47. The molecular formula is C16H24N2O2S. The number of nitrogens with zero attached hydrogens (tertiary/aromatic N) is 2. The Morgan fingerprint density at radius 3 is 2.95 bits per heavy atom. The molecule has 0 saturated carbocycles. The van der Waals surface area contributed by atoms with Crippen molar-refractivity contribution in [3.63, 3.8) is 0 Å². The summed E-state index contributed by atoms with van der Waals surface area (Å²) in [7, 11) is 0. The van der Waals surface area contributed by atoms with Crippen LogP contribution in [0.1, 0.15) is 30.6 Å². The van der Waals surface area contributed by atoms with E-state index in [4.69, 9.17) is 4.74 Å².